The summed E-state index contributed by atoms with van der Waals surface area (Å²) in [5, 5.41) is 9.20. The molecule has 0 fully saturated rings. The first-order chi connectivity index (χ1) is 12.3. The summed E-state index contributed by atoms with van der Waals surface area (Å²) in [6, 6.07) is 8.74. The summed E-state index contributed by atoms with van der Waals surface area (Å²) in [6.07, 6.45) is 0. The zero-order valence-electron chi connectivity index (χ0n) is 14.5. The molecule has 2 amide bonds. The number of hydrogen-bond donors (Lipinski definition) is 2. The fraction of sp³-hybridized carbons (Fsp3) is 0.167. The standard InChI is InChI=1S/C18H17FN4O3/c1-10-4-5-16(26-10)14-9-15(22-21-14)17(24)20-13-7-11(6-12(19)8-13)18(25)23(2)3/h4-9H,1-3H3,(H,20,24)(H,21,22). The largest absolute Gasteiger partial charge is 0.460 e. The van der Waals surface area contributed by atoms with E-state index >= 15 is 0 Å². The molecule has 0 aliphatic carbocycles. The van der Waals surface area contributed by atoms with Gasteiger partial charge in [0, 0.05) is 31.4 Å². The Morgan fingerprint density at radius 1 is 1.19 bits per heavy atom. The van der Waals surface area contributed by atoms with Gasteiger partial charge in [-0.25, -0.2) is 4.39 Å². The number of H-pyrrole nitrogens is 1. The average Bonchev–Trinajstić information content (AvgIpc) is 3.22. The average molecular weight is 356 g/mol. The van der Waals surface area contributed by atoms with Crippen molar-refractivity contribution in [2.45, 2.75) is 6.92 Å². The molecular formula is C18H17FN4O3. The highest BCUT2D eigenvalue weighted by molar-refractivity contribution is 6.04. The van der Waals surface area contributed by atoms with Crippen LogP contribution in [0.3, 0.4) is 0 Å². The topological polar surface area (TPSA) is 91.2 Å². The molecule has 2 heterocycles. The van der Waals surface area contributed by atoms with Gasteiger partial charge in [0.2, 0.25) is 0 Å². The summed E-state index contributed by atoms with van der Waals surface area (Å²) in [4.78, 5) is 25.7. The fourth-order valence-corrected chi connectivity index (χ4v) is 2.38. The molecular weight excluding hydrogens is 339 g/mol. The molecule has 3 aromatic rings. The molecule has 0 atom stereocenters. The Hall–Kier alpha value is -3.42. The van der Waals surface area contributed by atoms with Gasteiger partial charge in [-0.05, 0) is 37.3 Å². The van der Waals surface area contributed by atoms with Crippen LogP contribution in [0.15, 0.2) is 40.8 Å². The lowest BCUT2D eigenvalue weighted by molar-refractivity contribution is 0.0826. The summed E-state index contributed by atoms with van der Waals surface area (Å²) in [7, 11) is 3.13. The first-order valence-corrected chi connectivity index (χ1v) is 7.79. The molecule has 134 valence electrons. The Balaban J connectivity index is 1.80. The van der Waals surface area contributed by atoms with Crippen LogP contribution in [0.25, 0.3) is 11.5 Å². The van der Waals surface area contributed by atoms with Crippen molar-refractivity contribution in [3.8, 4) is 11.5 Å². The highest BCUT2D eigenvalue weighted by Gasteiger charge is 2.16. The summed E-state index contributed by atoms with van der Waals surface area (Å²) in [5.41, 5.74) is 0.961. The van der Waals surface area contributed by atoms with Crippen LogP contribution in [-0.4, -0.2) is 41.0 Å². The van der Waals surface area contributed by atoms with E-state index in [4.69, 9.17) is 4.42 Å². The maximum atomic E-state index is 13.8. The molecule has 8 heteroatoms. The Morgan fingerprint density at radius 2 is 1.96 bits per heavy atom. The van der Waals surface area contributed by atoms with Crippen molar-refractivity contribution in [1.82, 2.24) is 15.1 Å². The first-order valence-electron chi connectivity index (χ1n) is 7.79. The Morgan fingerprint density at radius 3 is 2.62 bits per heavy atom. The lowest BCUT2D eigenvalue weighted by atomic mass is 10.1. The molecule has 0 spiro atoms. The third kappa shape index (κ3) is 3.64. The van der Waals surface area contributed by atoms with Crippen molar-refractivity contribution < 1.29 is 18.4 Å². The van der Waals surface area contributed by atoms with Gasteiger partial charge in [-0.2, -0.15) is 5.10 Å². The van der Waals surface area contributed by atoms with Gasteiger partial charge in [-0.1, -0.05) is 0 Å². The third-order valence-electron chi connectivity index (χ3n) is 3.63. The molecule has 0 aliphatic rings. The maximum Gasteiger partial charge on any atom is 0.276 e. The van der Waals surface area contributed by atoms with Gasteiger partial charge in [0.25, 0.3) is 11.8 Å². The van der Waals surface area contributed by atoms with Gasteiger partial charge in [-0.3, -0.25) is 14.7 Å². The normalized spacial score (nSPS) is 10.6. The number of hydrogen-bond acceptors (Lipinski definition) is 4. The molecule has 0 aliphatic heterocycles. The quantitative estimate of drug-likeness (QED) is 0.751. The van der Waals surface area contributed by atoms with Crippen LogP contribution < -0.4 is 5.32 Å². The van der Waals surface area contributed by atoms with Crippen LogP contribution in [0.2, 0.25) is 0 Å². The number of nitrogens with one attached hydrogen (secondary N) is 2. The van der Waals surface area contributed by atoms with Crippen LogP contribution in [0.1, 0.15) is 26.6 Å². The number of carbonyl (C=O) groups is 2. The zero-order valence-corrected chi connectivity index (χ0v) is 14.5. The summed E-state index contributed by atoms with van der Waals surface area (Å²) < 4.78 is 19.2. The molecule has 2 N–H and O–H groups in total. The minimum Gasteiger partial charge on any atom is -0.460 e. The van der Waals surface area contributed by atoms with E-state index in [9.17, 15) is 14.0 Å². The number of anilines is 1. The van der Waals surface area contributed by atoms with Gasteiger partial charge in [0.1, 0.15) is 17.3 Å². The number of benzene rings is 1. The van der Waals surface area contributed by atoms with Crippen molar-refractivity contribution in [2.75, 3.05) is 19.4 Å². The first kappa shape index (κ1) is 17.4. The van der Waals surface area contributed by atoms with E-state index in [-0.39, 0.29) is 22.9 Å². The second-order valence-electron chi connectivity index (χ2n) is 5.96. The van der Waals surface area contributed by atoms with Gasteiger partial charge in [0.05, 0.1) is 0 Å². The van der Waals surface area contributed by atoms with Crippen LogP contribution in [0.4, 0.5) is 10.1 Å². The number of aromatic amines is 1. The molecule has 0 radical (unpaired) electrons. The maximum absolute atomic E-state index is 13.8. The van der Waals surface area contributed by atoms with Gasteiger partial charge in [-0.15, -0.1) is 0 Å². The number of carbonyl (C=O) groups excluding carboxylic acids is 2. The Labute approximate surface area is 148 Å². The Bertz CT molecular complexity index is 974. The smallest absolute Gasteiger partial charge is 0.276 e. The number of rotatable bonds is 4. The molecule has 0 saturated carbocycles. The molecule has 26 heavy (non-hydrogen) atoms. The van der Waals surface area contributed by atoms with Crippen LogP contribution in [0, 0.1) is 12.7 Å². The van der Waals surface area contributed by atoms with E-state index < -0.39 is 11.7 Å². The fourth-order valence-electron chi connectivity index (χ4n) is 2.38. The SMILES string of the molecule is Cc1ccc(-c2cc(C(=O)Nc3cc(F)cc(C(=O)N(C)C)c3)n[nH]2)o1. The highest BCUT2D eigenvalue weighted by atomic mass is 19.1. The Kier molecular flexibility index (Phi) is 4.57. The van der Waals surface area contributed by atoms with E-state index in [0.29, 0.717) is 11.5 Å². The predicted octanol–water partition coefficient (Wildman–Crippen LogP) is 3.07. The van der Waals surface area contributed by atoms with Crippen molar-refractivity contribution in [2.24, 2.45) is 0 Å². The van der Waals surface area contributed by atoms with Crippen LogP contribution in [-0.2, 0) is 0 Å². The monoisotopic (exact) mass is 356 g/mol. The molecule has 0 saturated heterocycles. The number of halogens is 1. The molecule has 0 unspecified atom stereocenters. The van der Waals surface area contributed by atoms with Gasteiger partial charge in [0.15, 0.2) is 11.5 Å². The van der Waals surface area contributed by atoms with Gasteiger partial charge >= 0.3 is 0 Å². The summed E-state index contributed by atoms with van der Waals surface area (Å²) in [6.45, 7) is 1.81. The minimum absolute atomic E-state index is 0.110. The second kappa shape index (κ2) is 6.83. The van der Waals surface area contributed by atoms with E-state index in [1.54, 1.807) is 26.2 Å². The lowest BCUT2D eigenvalue weighted by Crippen LogP contribution is -2.22. The van der Waals surface area contributed by atoms with E-state index in [1.807, 2.05) is 6.92 Å². The van der Waals surface area contributed by atoms with E-state index in [2.05, 4.69) is 15.5 Å². The molecule has 1 aromatic carbocycles. The zero-order chi connectivity index (χ0) is 18.8. The number of aromatic nitrogens is 2. The molecule has 2 aromatic heterocycles. The summed E-state index contributed by atoms with van der Waals surface area (Å²) in [5.74, 6) is -0.237. The van der Waals surface area contributed by atoms with Crippen molar-refractivity contribution in [3.05, 3.63) is 59.2 Å². The van der Waals surface area contributed by atoms with E-state index in [1.165, 1.54) is 17.0 Å². The van der Waals surface area contributed by atoms with Crippen LogP contribution in [0.5, 0.6) is 0 Å². The molecule has 3 rings (SSSR count). The second-order valence-corrected chi connectivity index (χ2v) is 5.96. The highest BCUT2D eigenvalue weighted by Crippen LogP contribution is 2.21. The third-order valence-corrected chi connectivity index (χ3v) is 3.63. The summed E-state index contributed by atoms with van der Waals surface area (Å²) >= 11 is 0. The number of furan rings is 1. The predicted molar refractivity (Wildman–Crippen MR) is 93.4 cm³/mol. The molecule has 7 nitrogen and oxygen atoms in total. The van der Waals surface area contributed by atoms with Crippen molar-refractivity contribution >= 4 is 17.5 Å². The van der Waals surface area contributed by atoms with Crippen LogP contribution >= 0.6 is 0 Å². The van der Waals surface area contributed by atoms with Gasteiger partial charge < -0.3 is 14.6 Å². The number of aryl methyl sites for hydroxylation is 1. The van der Waals surface area contributed by atoms with Crippen molar-refractivity contribution in [1.29, 1.82) is 0 Å². The number of nitrogens with zero attached hydrogens (tertiary/aromatic N) is 2. The van der Waals surface area contributed by atoms with Crippen molar-refractivity contribution in [3.63, 3.8) is 0 Å². The van der Waals surface area contributed by atoms with E-state index in [0.717, 1.165) is 17.9 Å². The lowest BCUT2D eigenvalue weighted by Gasteiger charge is -2.12. The minimum atomic E-state index is -0.623. The molecule has 0 bridgehead atoms. The number of amides is 2.